The highest BCUT2D eigenvalue weighted by Gasteiger charge is 2.90. The number of Topliss-reactive ketones (excluding diaryl/α,β-unsaturated/α-hetero) is 1. The number of allylic oxidation sites excluding steroid dienone is 5. The summed E-state index contributed by atoms with van der Waals surface area (Å²) in [7, 11) is 0. The Balaban J connectivity index is 1.40. The van der Waals surface area contributed by atoms with Crippen LogP contribution in [0, 0.1) is 17.8 Å². The lowest BCUT2D eigenvalue weighted by Gasteiger charge is -2.61. The van der Waals surface area contributed by atoms with Crippen molar-refractivity contribution >= 4 is 11.8 Å². The number of hydrogen-bond acceptors (Lipinski definition) is 10. The smallest absolute Gasteiger partial charge is 0.331 e. The van der Waals surface area contributed by atoms with Gasteiger partial charge in [-0.25, -0.2) is 4.79 Å². The van der Waals surface area contributed by atoms with Crippen LogP contribution in [0.3, 0.4) is 0 Å². The first-order chi connectivity index (χ1) is 22.4. The Morgan fingerprint density at radius 2 is 1.81 bits per heavy atom. The topological polar surface area (TPSA) is 144 Å². The molecule has 3 bridgehead atoms. The van der Waals surface area contributed by atoms with Crippen molar-refractivity contribution in [2.75, 3.05) is 6.61 Å². The van der Waals surface area contributed by atoms with Gasteiger partial charge in [-0.2, -0.15) is 0 Å². The molecule has 10 nitrogen and oxygen atoms in total. The van der Waals surface area contributed by atoms with Gasteiger partial charge in [0, 0.05) is 29.4 Å². The van der Waals surface area contributed by atoms with Crippen LogP contribution in [-0.4, -0.2) is 80.5 Å². The molecule has 6 aliphatic rings. The third-order valence-corrected chi connectivity index (χ3v) is 11.3. The molecule has 0 amide bonds. The van der Waals surface area contributed by atoms with Crippen LogP contribution in [0.1, 0.15) is 46.1 Å². The molecule has 1 aromatic rings. The Morgan fingerprint density at radius 3 is 2.49 bits per heavy atom. The van der Waals surface area contributed by atoms with E-state index in [9.17, 15) is 24.9 Å². The molecule has 5 fully saturated rings. The number of carbonyl (C=O) groups excluding carboxylic acids is 2. The fourth-order valence-corrected chi connectivity index (χ4v) is 9.08. The molecule has 7 rings (SSSR count). The molecule has 3 N–H and O–H groups in total. The number of ketones is 1. The molecule has 3 saturated heterocycles. The summed E-state index contributed by atoms with van der Waals surface area (Å²) in [5, 5.41) is 34.9. The maximum atomic E-state index is 13.8. The molecule has 0 unspecified atom stereocenters. The zero-order valence-electron chi connectivity index (χ0n) is 27.0. The number of carbonyl (C=O) groups is 2. The van der Waals surface area contributed by atoms with E-state index in [1.165, 1.54) is 6.08 Å². The lowest BCUT2D eigenvalue weighted by Crippen LogP contribution is -2.76. The van der Waals surface area contributed by atoms with E-state index in [1.54, 1.807) is 56.3 Å². The summed E-state index contributed by atoms with van der Waals surface area (Å²) in [4.78, 5) is 27.4. The van der Waals surface area contributed by atoms with E-state index in [-0.39, 0.29) is 5.57 Å². The van der Waals surface area contributed by atoms with E-state index < -0.39 is 88.9 Å². The SMILES string of the molecule is C=C(C)[C@@]12O[C@@]3(c4ccccc4)O[C@@H]1[C@H]1[C@@H]4O[C@]4(CO)[C@@H](O)[C@@]4(O)C(=O)C(C)=C[C@H]4[C@@]1(O3)[C@@H](C)[C@@H]2OC(=O)C=CC=CC=CCCC. The summed E-state index contributed by atoms with van der Waals surface area (Å²) < 4.78 is 33.3. The van der Waals surface area contributed by atoms with Gasteiger partial charge in [0.2, 0.25) is 0 Å². The van der Waals surface area contributed by atoms with Crippen LogP contribution in [0.4, 0.5) is 0 Å². The van der Waals surface area contributed by atoms with E-state index in [1.807, 2.05) is 31.2 Å². The molecule has 3 aliphatic carbocycles. The van der Waals surface area contributed by atoms with Crippen molar-refractivity contribution in [3.05, 3.63) is 96.2 Å². The number of benzene rings is 1. The average Bonchev–Trinajstić information content (AvgIpc) is 3.68. The van der Waals surface area contributed by atoms with Gasteiger partial charge in [-0.05, 0) is 31.4 Å². The highest BCUT2D eigenvalue weighted by Crippen LogP contribution is 2.74. The molecule has 250 valence electrons. The third kappa shape index (κ3) is 4.04. The summed E-state index contributed by atoms with van der Waals surface area (Å²) in [6, 6.07) is 9.01. The highest BCUT2D eigenvalue weighted by atomic mass is 16.9. The van der Waals surface area contributed by atoms with Crippen LogP contribution in [0.15, 0.2) is 90.6 Å². The van der Waals surface area contributed by atoms with Crippen LogP contribution in [0.5, 0.6) is 0 Å². The number of aliphatic hydroxyl groups is 3. The Bertz CT molecular complexity index is 1610. The second-order valence-corrected chi connectivity index (χ2v) is 13.8. The van der Waals surface area contributed by atoms with Crippen molar-refractivity contribution in [1.82, 2.24) is 0 Å². The largest absolute Gasteiger partial charge is 0.455 e. The predicted octanol–water partition coefficient (Wildman–Crippen LogP) is 3.32. The fourth-order valence-electron chi connectivity index (χ4n) is 9.08. The number of esters is 1. The summed E-state index contributed by atoms with van der Waals surface area (Å²) in [5.41, 5.74) is -5.90. The van der Waals surface area contributed by atoms with Gasteiger partial charge in [0.1, 0.15) is 30.0 Å². The van der Waals surface area contributed by atoms with Crippen molar-refractivity contribution < 1.29 is 48.6 Å². The van der Waals surface area contributed by atoms with Gasteiger partial charge in [-0.3, -0.25) is 4.79 Å². The summed E-state index contributed by atoms with van der Waals surface area (Å²) in [6.45, 7) is 10.9. The van der Waals surface area contributed by atoms with Gasteiger partial charge < -0.3 is 39.0 Å². The molecule has 0 spiro atoms. The highest BCUT2D eigenvalue weighted by molar-refractivity contribution is 6.05. The minimum absolute atomic E-state index is 0.231. The van der Waals surface area contributed by atoms with Crippen molar-refractivity contribution in [2.45, 2.75) is 93.3 Å². The minimum Gasteiger partial charge on any atom is -0.455 e. The molecule has 12 atom stereocenters. The molecular formula is C37H42O10. The Labute approximate surface area is 274 Å². The summed E-state index contributed by atoms with van der Waals surface area (Å²) in [6.07, 6.45) is 9.29. The monoisotopic (exact) mass is 646 g/mol. The van der Waals surface area contributed by atoms with Gasteiger partial charge in [0.25, 0.3) is 0 Å². The van der Waals surface area contributed by atoms with Gasteiger partial charge in [-0.15, -0.1) is 0 Å². The Morgan fingerprint density at radius 1 is 1.09 bits per heavy atom. The number of unbranched alkanes of at least 4 members (excludes halogenated alkanes) is 1. The van der Waals surface area contributed by atoms with Gasteiger partial charge in [-0.1, -0.05) is 93.6 Å². The molecule has 10 heteroatoms. The first kappa shape index (κ1) is 32.3. The number of rotatable bonds is 9. The van der Waals surface area contributed by atoms with Crippen molar-refractivity contribution in [2.24, 2.45) is 17.8 Å². The van der Waals surface area contributed by atoms with Crippen LogP contribution >= 0.6 is 0 Å². The Kier molecular flexibility index (Phi) is 7.50. The van der Waals surface area contributed by atoms with E-state index in [2.05, 4.69) is 13.5 Å². The lowest BCUT2D eigenvalue weighted by atomic mass is 9.53. The van der Waals surface area contributed by atoms with Crippen LogP contribution in [0.25, 0.3) is 0 Å². The first-order valence-corrected chi connectivity index (χ1v) is 16.3. The van der Waals surface area contributed by atoms with Crippen molar-refractivity contribution in [3.63, 3.8) is 0 Å². The summed E-state index contributed by atoms with van der Waals surface area (Å²) >= 11 is 0. The minimum atomic E-state index is -2.42. The standard InChI is InChI=1S/C37H42O10/c1-6-7-8-9-10-11-15-18-26(39)43-29-23(5)36-25-19-22(4)28(40)34(25,42)32(41)33(20-38)30(44-33)27(36)31-35(29,21(2)3)46-37(45-31,47-36)24-16-13-12-14-17-24/h8-19,23,25,27,29-32,38,41-42H,2,6-7,20H2,1,3-5H3/t23-,25+,27+,29-,30-,31+,32+,33-,34-,35-,36-,37+/m0/s1. The second kappa shape index (κ2) is 10.9. The molecule has 0 aromatic heterocycles. The van der Waals surface area contributed by atoms with Gasteiger partial charge in [0.05, 0.1) is 12.2 Å². The molecule has 47 heavy (non-hydrogen) atoms. The molecule has 2 saturated carbocycles. The zero-order valence-corrected chi connectivity index (χ0v) is 27.0. The van der Waals surface area contributed by atoms with E-state index in [0.29, 0.717) is 11.1 Å². The number of epoxide rings is 1. The zero-order chi connectivity index (χ0) is 33.6. The molecule has 3 aliphatic heterocycles. The normalized spacial score (nSPS) is 46.0. The number of aliphatic hydroxyl groups excluding tert-OH is 2. The van der Waals surface area contributed by atoms with Crippen molar-refractivity contribution in [1.29, 1.82) is 0 Å². The predicted molar refractivity (Wildman–Crippen MR) is 168 cm³/mol. The molecule has 3 heterocycles. The number of fused-ring (bicyclic) bond motifs is 3. The fraction of sp³-hybridized carbons (Fsp3) is 0.514. The maximum absolute atomic E-state index is 13.8. The van der Waals surface area contributed by atoms with Crippen LogP contribution < -0.4 is 0 Å². The van der Waals surface area contributed by atoms with Crippen LogP contribution in [-0.2, 0) is 39.2 Å². The molecule has 0 radical (unpaired) electrons. The van der Waals surface area contributed by atoms with Gasteiger partial charge >= 0.3 is 11.9 Å². The van der Waals surface area contributed by atoms with Gasteiger partial charge in [0.15, 0.2) is 17.0 Å². The maximum Gasteiger partial charge on any atom is 0.331 e. The van der Waals surface area contributed by atoms with E-state index in [4.69, 9.17) is 23.7 Å². The Hall–Kier alpha value is -3.22. The van der Waals surface area contributed by atoms with E-state index >= 15 is 0 Å². The third-order valence-electron chi connectivity index (χ3n) is 11.3. The number of hydrogen-bond donors (Lipinski definition) is 3. The quantitative estimate of drug-likeness (QED) is 0.120. The van der Waals surface area contributed by atoms with Crippen molar-refractivity contribution in [3.8, 4) is 0 Å². The van der Waals surface area contributed by atoms with Crippen LogP contribution in [0.2, 0.25) is 0 Å². The number of ether oxygens (including phenoxy) is 5. The van der Waals surface area contributed by atoms with E-state index in [0.717, 1.165) is 12.8 Å². The molecule has 1 aromatic carbocycles. The average molecular weight is 647 g/mol. The molecular weight excluding hydrogens is 604 g/mol. The first-order valence-electron chi connectivity index (χ1n) is 16.3. The second-order valence-electron chi connectivity index (χ2n) is 13.8. The lowest BCUT2D eigenvalue weighted by molar-refractivity contribution is -0.440. The summed E-state index contributed by atoms with van der Waals surface area (Å²) in [5.74, 6) is -5.92.